The van der Waals surface area contributed by atoms with Crippen LogP contribution >= 0.6 is 0 Å². The van der Waals surface area contributed by atoms with Crippen LogP contribution < -0.4 is 0 Å². The Balaban J connectivity index is 2.15. The van der Waals surface area contributed by atoms with E-state index < -0.39 is 0 Å². The van der Waals surface area contributed by atoms with Crippen LogP contribution in [-0.2, 0) is 0 Å². The summed E-state index contributed by atoms with van der Waals surface area (Å²) in [6.45, 7) is 0. The SMILES string of the molecule is C1=C/CCCCC/C=C/CCCCC/1. The molecule has 0 saturated heterocycles. The molecule has 1 aliphatic carbocycles. The summed E-state index contributed by atoms with van der Waals surface area (Å²) >= 11 is 0. The quantitative estimate of drug-likeness (QED) is 0.473. The van der Waals surface area contributed by atoms with Crippen molar-refractivity contribution >= 4 is 0 Å². The van der Waals surface area contributed by atoms with Gasteiger partial charge in [0.15, 0.2) is 0 Å². The number of hydrogen-bond acceptors (Lipinski definition) is 0. The monoisotopic (exact) mass is 192 g/mol. The first kappa shape index (κ1) is 11.6. The van der Waals surface area contributed by atoms with Gasteiger partial charge in [0, 0.05) is 0 Å². The van der Waals surface area contributed by atoms with Gasteiger partial charge in [-0.2, -0.15) is 0 Å². The normalized spacial score (nSPS) is 26.3. The van der Waals surface area contributed by atoms with Gasteiger partial charge in [0.1, 0.15) is 0 Å². The lowest BCUT2D eigenvalue weighted by atomic mass is 10.1. The maximum absolute atomic E-state index is 2.38. The van der Waals surface area contributed by atoms with Crippen molar-refractivity contribution in [1.82, 2.24) is 0 Å². The minimum absolute atomic E-state index is 1.30. The second-order valence-electron chi connectivity index (χ2n) is 4.22. The lowest BCUT2D eigenvalue weighted by Crippen LogP contribution is -1.78. The number of rotatable bonds is 0. The molecule has 0 nitrogen and oxygen atoms in total. The molecule has 0 heterocycles. The molecule has 1 aliphatic rings. The van der Waals surface area contributed by atoms with Crippen LogP contribution in [0.2, 0.25) is 0 Å². The van der Waals surface area contributed by atoms with E-state index in [4.69, 9.17) is 0 Å². The average molecular weight is 192 g/mol. The molecule has 0 unspecified atom stereocenters. The second kappa shape index (κ2) is 9.05. The predicted molar refractivity (Wildman–Crippen MR) is 64.5 cm³/mol. The number of allylic oxidation sites excluding steroid dienone is 4. The van der Waals surface area contributed by atoms with E-state index in [2.05, 4.69) is 24.3 Å². The van der Waals surface area contributed by atoms with Crippen LogP contribution in [0.4, 0.5) is 0 Å². The fourth-order valence-electron chi connectivity index (χ4n) is 1.87. The first-order valence-electron chi connectivity index (χ1n) is 6.30. The van der Waals surface area contributed by atoms with Gasteiger partial charge in [0.05, 0.1) is 0 Å². The third-order valence-corrected chi connectivity index (χ3v) is 2.82. The zero-order chi connectivity index (χ0) is 9.90. The average Bonchev–Trinajstić information content (AvgIpc) is 2.22. The molecular weight excluding hydrogens is 168 g/mol. The Morgan fingerprint density at radius 1 is 0.357 bits per heavy atom. The highest BCUT2D eigenvalue weighted by Crippen LogP contribution is 2.09. The summed E-state index contributed by atoms with van der Waals surface area (Å²) in [6, 6.07) is 0. The molecule has 0 aromatic carbocycles. The highest BCUT2D eigenvalue weighted by molar-refractivity contribution is 4.84. The first-order valence-corrected chi connectivity index (χ1v) is 6.30. The molecule has 0 spiro atoms. The van der Waals surface area contributed by atoms with Gasteiger partial charge in [0.25, 0.3) is 0 Å². The molecule has 0 aromatic rings. The summed E-state index contributed by atoms with van der Waals surface area (Å²) in [5, 5.41) is 0. The molecular formula is C14H24. The summed E-state index contributed by atoms with van der Waals surface area (Å²) in [5.74, 6) is 0. The van der Waals surface area contributed by atoms with Crippen molar-refractivity contribution in [3.05, 3.63) is 24.3 Å². The maximum Gasteiger partial charge on any atom is -0.0351 e. The summed E-state index contributed by atoms with van der Waals surface area (Å²) < 4.78 is 0. The third-order valence-electron chi connectivity index (χ3n) is 2.82. The van der Waals surface area contributed by atoms with Crippen LogP contribution in [0, 0.1) is 0 Å². The Morgan fingerprint density at radius 2 is 0.643 bits per heavy atom. The highest BCUT2D eigenvalue weighted by atomic mass is 14.0. The van der Waals surface area contributed by atoms with Crippen LogP contribution in [0.25, 0.3) is 0 Å². The molecule has 0 fully saturated rings. The minimum atomic E-state index is 1.30. The van der Waals surface area contributed by atoms with Gasteiger partial charge in [-0.3, -0.25) is 0 Å². The van der Waals surface area contributed by atoms with E-state index in [1.807, 2.05) is 0 Å². The van der Waals surface area contributed by atoms with Gasteiger partial charge in [-0.15, -0.1) is 0 Å². The van der Waals surface area contributed by atoms with Crippen molar-refractivity contribution in [2.45, 2.75) is 64.2 Å². The molecule has 0 bridgehead atoms. The Morgan fingerprint density at radius 3 is 0.929 bits per heavy atom. The molecule has 0 N–H and O–H groups in total. The summed E-state index contributed by atoms with van der Waals surface area (Å²) in [5.41, 5.74) is 0. The molecule has 0 heteroatoms. The molecule has 0 amide bonds. The molecule has 0 atom stereocenters. The van der Waals surface area contributed by atoms with E-state index in [9.17, 15) is 0 Å². The maximum atomic E-state index is 2.38. The van der Waals surface area contributed by atoms with E-state index in [0.29, 0.717) is 0 Å². The standard InChI is InChI=1S/C14H24/c1-2-4-6-8-10-12-14-13-11-9-7-5-3-1/h1-2,13-14H,3-12H2/b2-1+,14-13+. The van der Waals surface area contributed by atoms with Crippen molar-refractivity contribution in [2.24, 2.45) is 0 Å². The topological polar surface area (TPSA) is 0 Å². The molecule has 0 saturated carbocycles. The van der Waals surface area contributed by atoms with Crippen LogP contribution in [0.3, 0.4) is 0 Å². The molecule has 14 heavy (non-hydrogen) atoms. The lowest BCUT2D eigenvalue weighted by Gasteiger charge is -1.98. The molecule has 0 aliphatic heterocycles. The molecule has 0 aromatic heterocycles. The van der Waals surface area contributed by atoms with Crippen LogP contribution in [-0.4, -0.2) is 0 Å². The smallest absolute Gasteiger partial charge is 0.0351 e. The number of hydrogen-bond donors (Lipinski definition) is 0. The van der Waals surface area contributed by atoms with Crippen molar-refractivity contribution in [2.75, 3.05) is 0 Å². The largest absolute Gasteiger partial charge is 0.0885 e. The third kappa shape index (κ3) is 6.94. The van der Waals surface area contributed by atoms with Crippen LogP contribution in [0.15, 0.2) is 24.3 Å². The van der Waals surface area contributed by atoms with Gasteiger partial charge >= 0.3 is 0 Å². The van der Waals surface area contributed by atoms with E-state index in [1.165, 1.54) is 64.2 Å². The predicted octanol–water partition coefficient (Wildman–Crippen LogP) is 5.01. The van der Waals surface area contributed by atoms with Gasteiger partial charge in [-0.25, -0.2) is 0 Å². The summed E-state index contributed by atoms with van der Waals surface area (Å²) in [7, 11) is 0. The van der Waals surface area contributed by atoms with Crippen LogP contribution in [0.1, 0.15) is 64.2 Å². The zero-order valence-electron chi connectivity index (χ0n) is 9.38. The lowest BCUT2D eigenvalue weighted by molar-refractivity contribution is 0.675. The fraction of sp³-hybridized carbons (Fsp3) is 0.714. The molecule has 80 valence electrons. The second-order valence-corrected chi connectivity index (χ2v) is 4.22. The summed E-state index contributed by atoms with van der Waals surface area (Å²) in [4.78, 5) is 0. The summed E-state index contributed by atoms with van der Waals surface area (Å²) in [6.07, 6.45) is 23.0. The van der Waals surface area contributed by atoms with Gasteiger partial charge < -0.3 is 0 Å². The van der Waals surface area contributed by atoms with Gasteiger partial charge in [-0.05, 0) is 51.4 Å². The first-order chi connectivity index (χ1) is 7.00. The minimum Gasteiger partial charge on any atom is -0.0885 e. The van der Waals surface area contributed by atoms with Crippen molar-refractivity contribution in [1.29, 1.82) is 0 Å². The van der Waals surface area contributed by atoms with E-state index >= 15 is 0 Å². The Bertz CT molecular complexity index is 129. The fourth-order valence-corrected chi connectivity index (χ4v) is 1.87. The van der Waals surface area contributed by atoms with Crippen LogP contribution in [0.5, 0.6) is 0 Å². The van der Waals surface area contributed by atoms with Gasteiger partial charge in [0.2, 0.25) is 0 Å². The highest BCUT2D eigenvalue weighted by Gasteiger charge is 1.89. The Kier molecular flexibility index (Phi) is 7.47. The Labute approximate surface area is 89.1 Å². The molecule has 1 rings (SSSR count). The molecule has 0 radical (unpaired) electrons. The zero-order valence-corrected chi connectivity index (χ0v) is 9.38. The van der Waals surface area contributed by atoms with E-state index in [-0.39, 0.29) is 0 Å². The van der Waals surface area contributed by atoms with Gasteiger partial charge in [-0.1, -0.05) is 37.1 Å². The van der Waals surface area contributed by atoms with Crippen molar-refractivity contribution in [3.8, 4) is 0 Å². The van der Waals surface area contributed by atoms with E-state index in [0.717, 1.165) is 0 Å². The van der Waals surface area contributed by atoms with Crippen molar-refractivity contribution in [3.63, 3.8) is 0 Å². The van der Waals surface area contributed by atoms with Crippen molar-refractivity contribution < 1.29 is 0 Å². The van der Waals surface area contributed by atoms with E-state index in [1.54, 1.807) is 0 Å². The Hall–Kier alpha value is -0.520.